The molecule has 0 N–H and O–H groups in total. The van der Waals surface area contributed by atoms with Crippen molar-refractivity contribution in [2.45, 2.75) is 183 Å². The maximum Gasteiger partial charge on any atom is 0.252 e. The van der Waals surface area contributed by atoms with E-state index in [0.717, 1.165) is 33.9 Å². The van der Waals surface area contributed by atoms with Gasteiger partial charge in [-0.15, -0.1) is 0 Å². The molecule has 0 saturated carbocycles. The van der Waals surface area contributed by atoms with Gasteiger partial charge in [-0.1, -0.05) is 364 Å². The maximum absolute atomic E-state index is 2.77. The third-order valence-corrected chi connectivity index (χ3v) is 25.0. The van der Waals surface area contributed by atoms with Crippen LogP contribution in [0.5, 0.6) is 0 Å². The van der Waals surface area contributed by atoms with Crippen molar-refractivity contribution in [2.24, 2.45) is 0 Å². The van der Waals surface area contributed by atoms with Crippen molar-refractivity contribution in [1.82, 2.24) is 4.57 Å². The SMILES string of the molecule is CC(C)(C)c1ccc(-c2cccc(-c3ccc(C(C)(C)C)cc3)c2N2c3cc(-c4cc(C(C)(C)C)cc(C(C)(C)C)c4)ccc3B3c4ccc(-n5c6ccc7cccc8c9cccc%10ccc5c(c%109)c6c78)cc4N(c4c(-c5ccc(C(C)(C)C)cc5)cccc4-c4ccc(C(C)(C)C)cc4)c4cc(C(C)(C)C)cc2c43)cc1. The smallest absolute Gasteiger partial charge is 0.252 e. The predicted molar refractivity (Wildman–Crippen MR) is 488 cm³/mol. The highest BCUT2D eigenvalue weighted by Crippen LogP contribution is 2.56. The average molecular weight is 1460 g/mol. The number of benzene rings is 15. The van der Waals surface area contributed by atoms with Gasteiger partial charge < -0.3 is 14.4 Å². The van der Waals surface area contributed by atoms with Gasteiger partial charge in [0.05, 0.1) is 22.4 Å². The van der Waals surface area contributed by atoms with Gasteiger partial charge in [-0.3, -0.25) is 0 Å². The van der Waals surface area contributed by atoms with Gasteiger partial charge in [-0.2, -0.15) is 0 Å². The zero-order valence-corrected chi connectivity index (χ0v) is 69.7. The largest absolute Gasteiger partial charge is 0.310 e. The summed E-state index contributed by atoms with van der Waals surface area (Å²) in [4.78, 5) is 5.53. The molecule has 0 bridgehead atoms. The third kappa shape index (κ3) is 11.9. The Hall–Kier alpha value is -10.9. The molecule has 0 saturated heterocycles. The minimum Gasteiger partial charge on any atom is -0.310 e. The molecule has 4 heteroatoms. The monoisotopic (exact) mass is 1460 g/mol. The molecule has 0 spiro atoms. The van der Waals surface area contributed by atoms with Gasteiger partial charge in [0.2, 0.25) is 0 Å². The van der Waals surface area contributed by atoms with Gasteiger partial charge in [0, 0.05) is 61.5 Å². The first-order chi connectivity index (χ1) is 53.0. The Balaban J connectivity index is 1.01. The van der Waals surface area contributed by atoms with Crippen molar-refractivity contribution in [3.05, 3.63) is 300 Å². The number of para-hydroxylation sites is 2. The molecule has 0 unspecified atom stereocenters. The molecule has 0 radical (unpaired) electrons. The van der Waals surface area contributed by atoms with Crippen LogP contribution in [-0.4, -0.2) is 11.3 Å². The minimum absolute atomic E-state index is 0.0408. The predicted octanol–water partition coefficient (Wildman–Crippen LogP) is 28.6. The molecule has 18 rings (SSSR count). The number of fused-ring (bicyclic) bond motifs is 5. The third-order valence-electron chi connectivity index (χ3n) is 25.0. The van der Waals surface area contributed by atoms with E-state index in [1.807, 2.05) is 0 Å². The Bertz CT molecular complexity index is 6140. The van der Waals surface area contributed by atoms with Gasteiger partial charge in [0.25, 0.3) is 6.71 Å². The Kier molecular flexibility index (Phi) is 16.4. The summed E-state index contributed by atoms with van der Waals surface area (Å²) in [5.74, 6) is 0. The standard InChI is InChI=1S/C108H106BN3/c1-102(2,3)73-45-34-65(35-46-73)81-28-24-29-82(66-36-47-74(48-37-66)103(4,5)6)100(81)111-91-60-71(72-58-77(106(13,14)15)61-78(59-72)107(16,17)18)42-54-87(91)109-88-55-53-80(110-89-56-43-69-26-22-32-85-86-33-23-27-70-44-57-90(110)98(96(70)86)97(89)95(69)85)64-92(88)112(94-63-79(108(19,20)21)62-93(111)99(94)109)101-83(67-38-49-75(50-39-67)104(7,8)9)30-25-31-84(101)68-40-51-76(52-41-68)105(10,11)12/h22-64H,1-21H3. The van der Waals surface area contributed by atoms with E-state index < -0.39 is 0 Å². The first kappa shape index (κ1) is 72.6. The van der Waals surface area contributed by atoms with E-state index >= 15 is 0 Å². The highest BCUT2D eigenvalue weighted by molar-refractivity contribution is 7.00. The molecular weight excluding hydrogens is 1350 g/mol. The summed E-state index contributed by atoms with van der Waals surface area (Å²) < 4.78 is 2.61. The molecule has 3 nitrogen and oxygen atoms in total. The van der Waals surface area contributed by atoms with Crippen LogP contribution in [0, 0.1) is 0 Å². The van der Waals surface area contributed by atoms with Gasteiger partial charge in [0.1, 0.15) is 0 Å². The second-order valence-electron chi connectivity index (χ2n) is 39.9. The van der Waals surface area contributed by atoms with Crippen LogP contribution < -0.4 is 26.2 Å². The van der Waals surface area contributed by atoms with Gasteiger partial charge >= 0.3 is 0 Å². The van der Waals surface area contributed by atoms with E-state index in [0.29, 0.717) is 0 Å². The lowest BCUT2D eigenvalue weighted by Crippen LogP contribution is -2.61. The number of rotatable bonds is 8. The second kappa shape index (κ2) is 25.3. The van der Waals surface area contributed by atoms with Crippen LogP contribution in [0.2, 0.25) is 0 Å². The Morgan fingerprint density at radius 3 is 0.911 bits per heavy atom. The van der Waals surface area contributed by atoms with E-state index in [9.17, 15) is 0 Å². The maximum atomic E-state index is 2.77. The molecule has 556 valence electrons. The topological polar surface area (TPSA) is 11.4 Å². The second-order valence-corrected chi connectivity index (χ2v) is 39.9. The van der Waals surface area contributed by atoms with Gasteiger partial charge in [0.15, 0.2) is 0 Å². The molecule has 1 aromatic heterocycles. The molecule has 2 aliphatic heterocycles. The zero-order chi connectivity index (χ0) is 78.6. The van der Waals surface area contributed by atoms with E-state index in [2.05, 4.69) is 421 Å². The normalized spacial score (nSPS) is 13.7. The van der Waals surface area contributed by atoms with Crippen molar-refractivity contribution < 1.29 is 0 Å². The number of aromatic nitrogens is 1. The molecule has 0 amide bonds. The fraction of sp³-hybridized carbons (Fsp3) is 0.259. The quantitative estimate of drug-likeness (QED) is 0.0853. The molecular formula is C108H106BN3. The number of hydrogen-bond donors (Lipinski definition) is 0. The highest BCUT2D eigenvalue weighted by Gasteiger charge is 2.47. The van der Waals surface area contributed by atoms with Gasteiger partial charge in [-0.25, -0.2) is 0 Å². The van der Waals surface area contributed by atoms with Crippen molar-refractivity contribution >= 4 is 111 Å². The minimum atomic E-state index is -0.334. The van der Waals surface area contributed by atoms with Crippen molar-refractivity contribution in [3.63, 3.8) is 0 Å². The lowest BCUT2D eigenvalue weighted by molar-refractivity contribution is 0.569. The van der Waals surface area contributed by atoms with Crippen molar-refractivity contribution in [3.8, 4) is 61.3 Å². The van der Waals surface area contributed by atoms with Crippen LogP contribution in [0.1, 0.15) is 184 Å². The number of hydrogen-bond acceptors (Lipinski definition) is 2. The summed E-state index contributed by atoms with van der Waals surface area (Å²) >= 11 is 0. The van der Waals surface area contributed by atoms with Gasteiger partial charge in [-0.05, 0) is 201 Å². The van der Waals surface area contributed by atoms with Crippen molar-refractivity contribution in [1.29, 1.82) is 0 Å². The molecule has 2 aliphatic rings. The highest BCUT2D eigenvalue weighted by atomic mass is 15.2. The summed E-state index contributed by atoms with van der Waals surface area (Å²) in [6.45, 7) is 49.1. The molecule has 16 aromatic rings. The summed E-state index contributed by atoms with van der Waals surface area (Å²) in [6, 6.07) is 104. The van der Waals surface area contributed by atoms with Crippen LogP contribution >= 0.6 is 0 Å². The lowest BCUT2D eigenvalue weighted by atomic mass is 9.33. The first-order valence-electron chi connectivity index (χ1n) is 40.8. The Labute approximate surface area is 665 Å². The van der Waals surface area contributed by atoms with Crippen LogP contribution in [0.25, 0.3) is 115 Å². The zero-order valence-electron chi connectivity index (χ0n) is 69.7. The number of anilines is 6. The van der Waals surface area contributed by atoms with Crippen molar-refractivity contribution in [2.75, 3.05) is 9.80 Å². The molecule has 112 heavy (non-hydrogen) atoms. The average Bonchev–Trinajstić information content (AvgIpc) is 1.41. The summed E-state index contributed by atoms with van der Waals surface area (Å²) in [6.07, 6.45) is 0. The Morgan fingerprint density at radius 2 is 0.554 bits per heavy atom. The lowest BCUT2D eigenvalue weighted by Gasteiger charge is -2.46. The molecule has 3 heterocycles. The molecule has 0 fully saturated rings. The van der Waals surface area contributed by atoms with Crippen LogP contribution in [0.4, 0.5) is 34.1 Å². The fourth-order valence-corrected chi connectivity index (χ4v) is 18.4. The van der Waals surface area contributed by atoms with Crippen LogP contribution in [0.15, 0.2) is 261 Å². The van der Waals surface area contributed by atoms with Crippen LogP contribution in [0.3, 0.4) is 0 Å². The Morgan fingerprint density at radius 1 is 0.232 bits per heavy atom. The summed E-state index contributed by atoms with van der Waals surface area (Å²) in [7, 11) is 0. The van der Waals surface area contributed by atoms with E-state index in [4.69, 9.17) is 0 Å². The molecule has 15 aromatic carbocycles. The number of nitrogens with zero attached hydrogens (tertiary/aromatic N) is 3. The van der Waals surface area contributed by atoms with E-state index in [1.165, 1.54) is 171 Å². The summed E-state index contributed by atoms with van der Waals surface area (Å²) in [5.41, 5.74) is 34.5. The molecule has 0 atom stereocenters. The fourth-order valence-electron chi connectivity index (χ4n) is 18.4. The molecule has 0 aliphatic carbocycles. The first-order valence-corrected chi connectivity index (χ1v) is 40.8. The van der Waals surface area contributed by atoms with E-state index in [1.54, 1.807) is 0 Å². The van der Waals surface area contributed by atoms with E-state index in [-0.39, 0.29) is 44.6 Å². The van der Waals surface area contributed by atoms with Crippen LogP contribution in [-0.2, 0) is 37.9 Å². The summed E-state index contributed by atoms with van der Waals surface area (Å²) in [5, 5.41) is 10.4.